The van der Waals surface area contributed by atoms with Gasteiger partial charge < -0.3 is 4.74 Å². The molecule has 0 amide bonds. The molecule has 0 aromatic heterocycles. The predicted molar refractivity (Wildman–Crippen MR) is 70.1 cm³/mol. The first-order chi connectivity index (χ1) is 8.84. The van der Waals surface area contributed by atoms with Crippen LogP contribution in [0.3, 0.4) is 0 Å². The smallest absolute Gasteiger partial charge is 0.235 e. The van der Waals surface area contributed by atoms with E-state index in [9.17, 15) is 13.2 Å². The van der Waals surface area contributed by atoms with E-state index < -0.39 is 15.4 Å². The van der Waals surface area contributed by atoms with Crippen LogP contribution in [0.1, 0.15) is 18.4 Å². The lowest BCUT2D eigenvalue weighted by Gasteiger charge is -2.14. The van der Waals surface area contributed by atoms with Crippen molar-refractivity contribution in [2.75, 3.05) is 13.4 Å². The van der Waals surface area contributed by atoms with Gasteiger partial charge in [0, 0.05) is 6.26 Å². The molecule has 0 aliphatic heterocycles. The Kier molecular flexibility index (Phi) is 3.43. The molecule has 1 saturated carbocycles. The number of sulfone groups is 1. The van der Waals surface area contributed by atoms with Crippen LogP contribution in [0.25, 0.3) is 0 Å². The summed E-state index contributed by atoms with van der Waals surface area (Å²) >= 11 is 6.05. The number of ether oxygens (including phenoxy) is 1. The van der Waals surface area contributed by atoms with Crippen molar-refractivity contribution in [1.82, 2.24) is 0 Å². The Bertz CT molecular complexity index is 673. The summed E-state index contributed by atoms with van der Waals surface area (Å²) in [6, 6.07) is 3.05. The van der Waals surface area contributed by atoms with Gasteiger partial charge in [0.15, 0.2) is 15.6 Å². The highest BCUT2D eigenvalue weighted by Crippen LogP contribution is 2.51. The number of aliphatic imine (C=N–C) groups is 1. The van der Waals surface area contributed by atoms with Crippen molar-refractivity contribution in [2.24, 2.45) is 4.99 Å². The number of benzene rings is 1. The van der Waals surface area contributed by atoms with Crippen molar-refractivity contribution in [1.29, 1.82) is 0 Å². The molecule has 1 aromatic rings. The average molecular weight is 302 g/mol. The zero-order valence-corrected chi connectivity index (χ0v) is 12.0. The molecule has 7 heteroatoms. The number of halogens is 1. The Balaban J connectivity index is 2.68. The zero-order valence-electron chi connectivity index (χ0n) is 10.4. The third-order valence-corrected chi connectivity index (χ3v) is 4.52. The Labute approximate surface area is 116 Å². The molecule has 2 rings (SSSR count). The summed E-state index contributed by atoms with van der Waals surface area (Å²) in [5, 5.41) is 0.188. The normalized spacial score (nSPS) is 16.6. The Morgan fingerprint density at radius 3 is 2.47 bits per heavy atom. The highest BCUT2D eigenvalue weighted by molar-refractivity contribution is 7.90. The molecule has 102 valence electrons. The van der Waals surface area contributed by atoms with Gasteiger partial charge >= 0.3 is 0 Å². The number of nitrogens with zero attached hydrogens (tertiary/aromatic N) is 1. The molecule has 1 aliphatic carbocycles. The minimum absolute atomic E-state index is 0.00451. The van der Waals surface area contributed by atoms with Gasteiger partial charge in [0.2, 0.25) is 6.08 Å². The summed E-state index contributed by atoms with van der Waals surface area (Å²) in [5.74, 6) is 0.110. The van der Waals surface area contributed by atoms with Crippen molar-refractivity contribution in [2.45, 2.75) is 23.3 Å². The second kappa shape index (κ2) is 4.63. The van der Waals surface area contributed by atoms with Gasteiger partial charge in [-0.15, -0.1) is 0 Å². The molecule has 1 aliphatic rings. The van der Waals surface area contributed by atoms with E-state index >= 15 is 0 Å². The highest BCUT2D eigenvalue weighted by Gasteiger charge is 2.45. The van der Waals surface area contributed by atoms with Crippen LogP contribution in [-0.4, -0.2) is 27.9 Å². The van der Waals surface area contributed by atoms with Gasteiger partial charge in [-0.2, -0.15) is 4.99 Å². The van der Waals surface area contributed by atoms with Crippen molar-refractivity contribution in [3.63, 3.8) is 0 Å². The lowest BCUT2D eigenvalue weighted by Crippen LogP contribution is -2.07. The summed E-state index contributed by atoms with van der Waals surface area (Å²) in [5.41, 5.74) is -0.0704. The summed E-state index contributed by atoms with van der Waals surface area (Å²) in [4.78, 5) is 14.2. The standard InChI is InChI=1S/C12H12ClNO4S/c1-18-11-9(13)5-8(6-10(11)19(2,16)17)12(3-4-12)14-7-15/h5-6H,3-4H2,1-2H3. The van der Waals surface area contributed by atoms with Crippen LogP contribution in [0, 0.1) is 0 Å². The number of carbonyl (C=O) groups excluding carboxylic acids is 1. The first-order valence-electron chi connectivity index (χ1n) is 5.51. The van der Waals surface area contributed by atoms with E-state index in [1.807, 2.05) is 0 Å². The summed E-state index contributed by atoms with van der Waals surface area (Å²) in [6.45, 7) is 0. The molecular weight excluding hydrogens is 290 g/mol. The second-order valence-corrected chi connectivity index (χ2v) is 6.89. The molecular formula is C12H12ClNO4S. The number of hydrogen-bond donors (Lipinski definition) is 0. The predicted octanol–water partition coefficient (Wildman–Crippen LogP) is 2.08. The molecule has 5 nitrogen and oxygen atoms in total. The molecule has 0 unspecified atom stereocenters. The first-order valence-corrected chi connectivity index (χ1v) is 7.78. The monoisotopic (exact) mass is 301 g/mol. The molecule has 0 saturated heterocycles. The highest BCUT2D eigenvalue weighted by atomic mass is 35.5. The number of methoxy groups -OCH3 is 1. The number of rotatable bonds is 4. The minimum Gasteiger partial charge on any atom is -0.494 e. The largest absolute Gasteiger partial charge is 0.494 e. The van der Waals surface area contributed by atoms with E-state index in [1.54, 1.807) is 6.07 Å². The maximum Gasteiger partial charge on any atom is 0.235 e. The topological polar surface area (TPSA) is 72.8 Å². The average Bonchev–Trinajstić information content (AvgIpc) is 3.08. The van der Waals surface area contributed by atoms with Crippen LogP contribution in [-0.2, 0) is 20.2 Å². The van der Waals surface area contributed by atoms with Crippen molar-refractivity contribution < 1.29 is 17.9 Å². The molecule has 0 bridgehead atoms. The van der Waals surface area contributed by atoms with Gasteiger partial charge in [0.25, 0.3) is 0 Å². The molecule has 0 atom stereocenters. The number of hydrogen-bond acceptors (Lipinski definition) is 5. The van der Waals surface area contributed by atoms with Crippen molar-refractivity contribution in [3.8, 4) is 5.75 Å². The number of isocyanates is 1. The van der Waals surface area contributed by atoms with Gasteiger partial charge in [0.1, 0.15) is 4.90 Å². The van der Waals surface area contributed by atoms with Crippen LogP contribution in [0.5, 0.6) is 5.75 Å². The van der Waals surface area contributed by atoms with Gasteiger partial charge in [0.05, 0.1) is 17.7 Å². The van der Waals surface area contributed by atoms with Crippen LogP contribution in [0.4, 0.5) is 0 Å². The molecule has 0 spiro atoms. The lowest BCUT2D eigenvalue weighted by molar-refractivity contribution is 0.402. The molecule has 0 heterocycles. The Morgan fingerprint density at radius 1 is 1.42 bits per heavy atom. The molecule has 19 heavy (non-hydrogen) atoms. The maximum absolute atomic E-state index is 11.8. The van der Waals surface area contributed by atoms with Crippen LogP contribution in [0.2, 0.25) is 5.02 Å². The fourth-order valence-electron chi connectivity index (χ4n) is 1.98. The van der Waals surface area contributed by atoms with E-state index in [0.29, 0.717) is 18.4 Å². The van der Waals surface area contributed by atoms with Crippen LogP contribution < -0.4 is 4.74 Å². The van der Waals surface area contributed by atoms with E-state index in [4.69, 9.17) is 16.3 Å². The van der Waals surface area contributed by atoms with Gasteiger partial charge in [-0.3, -0.25) is 0 Å². The minimum atomic E-state index is -3.49. The molecule has 1 aromatic carbocycles. The Morgan fingerprint density at radius 2 is 2.05 bits per heavy atom. The van der Waals surface area contributed by atoms with Crippen LogP contribution >= 0.6 is 11.6 Å². The van der Waals surface area contributed by atoms with Crippen LogP contribution in [0.15, 0.2) is 22.0 Å². The van der Waals surface area contributed by atoms with E-state index in [2.05, 4.69) is 4.99 Å². The quantitative estimate of drug-likeness (QED) is 0.630. The zero-order chi connectivity index (χ0) is 14.3. The van der Waals surface area contributed by atoms with Gasteiger partial charge in [-0.05, 0) is 30.5 Å². The summed E-state index contributed by atoms with van der Waals surface area (Å²) in [6.07, 6.45) is 3.95. The fourth-order valence-corrected chi connectivity index (χ4v) is 3.20. The van der Waals surface area contributed by atoms with E-state index in [0.717, 1.165) is 6.26 Å². The fraction of sp³-hybridized carbons (Fsp3) is 0.417. The second-order valence-electron chi connectivity index (χ2n) is 4.50. The molecule has 1 fully saturated rings. The molecule has 0 N–H and O–H groups in total. The third kappa shape index (κ3) is 2.52. The van der Waals surface area contributed by atoms with E-state index in [1.165, 1.54) is 19.3 Å². The Hall–Kier alpha value is -1.36. The third-order valence-electron chi connectivity index (χ3n) is 3.13. The summed E-state index contributed by atoms with van der Waals surface area (Å²) in [7, 11) is -2.13. The van der Waals surface area contributed by atoms with Gasteiger partial charge in [-0.1, -0.05) is 11.6 Å². The first kappa shape index (κ1) is 14.1. The molecule has 0 radical (unpaired) electrons. The summed E-state index contributed by atoms with van der Waals surface area (Å²) < 4.78 is 28.6. The lowest BCUT2D eigenvalue weighted by atomic mass is 10.1. The SMILES string of the molecule is COc1c(Cl)cc(C2(N=C=O)CC2)cc1S(C)(=O)=O. The van der Waals surface area contributed by atoms with E-state index in [-0.39, 0.29) is 15.7 Å². The van der Waals surface area contributed by atoms with Gasteiger partial charge in [-0.25, -0.2) is 13.2 Å². The maximum atomic E-state index is 11.8. The van der Waals surface area contributed by atoms with Crippen molar-refractivity contribution in [3.05, 3.63) is 22.7 Å². The van der Waals surface area contributed by atoms with Crippen molar-refractivity contribution >= 4 is 27.5 Å².